The first kappa shape index (κ1) is 20.7. The van der Waals surface area contributed by atoms with Crippen LogP contribution in [0, 0.1) is 0 Å². The van der Waals surface area contributed by atoms with Crippen LogP contribution in [0.2, 0.25) is 5.02 Å². The summed E-state index contributed by atoms with van der Waals surface area (Å²) in [5.74, 6) is -0.443. The average molecular weight is 442 g/mol. The fraction of sp³-hybridized carbons (Fsp3) is 0.0556. The van der Waals surface area contributed by atoms with E-state index in [0.29, 0.717) is 23.5 Å². The molecule has 0 saturated heterocycles. The highest BCUT2D eigenvalue weighted by atomic mass is 35.5. The van der Waals surface area contributed by atoms with Gasteiger partial charge in [-0.25, -0.2) is 13.4 Å². The number of alkyl halides is 3. The average Bonchev–Trinajstić information content (AvgIpc) is 2.68. The summed E-state index contributed by atoms with van der Waals surface area (Å²) >= 11 is 5.73. The Morgan fingerprint density at radius 1 is 1.07 bits per heavy atom. The number of sulfone groups is 1. The number of aromatic nitrogens is 2. The zero-order valence-corrected chi connectivity index (χ0v) is 15.9. The number of amides is 1. The Hall–Kier alpha value is -2.98. The molecule has 0 saturated carbocycles. The molecule has 0 unspecified atom stereocenters. The van der Waals surface area contributed by atoms with Gasteiger partial charge in [0, 0.05) is 24.3 Å². The van der Waals surface area contributed by atoms with Crippen molar-refractivity contribution >= 4 is 33.0 Å². The lowest BCUT2D eigenvalue weighted by molar-refractivity contribution is -0.137. The Balaban J connectivity index is 1.84. The molecule has 0 fully saturated rings. The fourth-order valence-corrected chi connectivity index (χ4v) is 4.00. The van der Waals surface area contributed by atoms with E-state index in [-0.39, 0.29) is 4.90 Å². The number of nitrogens with one attached hydrogen (secondary N) is 1. The van der Waals surface area contributed by atoms with Crippen molar-refractivity contribution < 1.29 is 26.4 Å². The molecule has 0 aliphatic carbocycles. The van der Waals surface area contributed by atoms with Crippen molar-refractivity contribution in [3.8, 4) is 0 Å². The number of carbonyl (C=O) groups is 1. The van der Waals surface area contributed by atoms with Gasteiger partial charge in [0.2, 0.25) is 9.84 Å². The van der Waals surface area contributed by atoms with Crippen LogP contribution >= 0.6 is 11.6 Å². The summed E-state index contributed by atoms with van der Waals surface area (Å²) in [7, 11) is -4.26. The highest BCUT2D eigenvalue weighted by molar-refractivity contribution is 7.91. The van der Waals surface area contributed by atoms with Crippen LogP contribution in [0.1, 0.15) is 15.9 Å². The van der Waals surface area contributed by atoms with Crippen LogP contribution < -0.4 is 5.32 Å². The highest BCUT2D eigenvalue weighted by Gasteiger charge is 2.33. The second-order valence-corrected chi connectivity index (χ2v) is 8.00. The molecule has 1 aromatic carbocycles. The fourth-order valence-electron chi connectivity index (χ4n) is 2.31. The topological polar surface area (TPSA) is 89.0 Å². The minimum atomic E-state index is -4.70. The number of rotatable bonds is 4. The van der Waals surface area contributed by atoms with Gasteiger partial charge < -0.3 is 5.32 Å². The third-order valence-electron chi connectivity index (χ3n) is 3.74. The summed E-state index contributed by atoms with van der Waals surface area (Å²) in [5, 5.41) is 1.23. The molecular weight excluding hydrogens is 431 g/mol. The van der Waals surface area contributed by atoms with Crippen LogP contribution in [0.5, 0.6) is 0 Å². The maximum Gasteiger partial charge on any atom is 0.417 e. The lowest BCUT2D eigenvalue weighted by Gasteiger charge is -2.10. The van der Waals surface area contributed by atoms with Gasteiger partial charge in [-0.1, -0.05) is 11.6 Å². The van der Waals surface area contributed by atoms with Crippen molar-refractivity contribution in [1.29, 1.82) is 0 Å². The van der Waals surface area contributed by atoms with Crippen LogP contribution in [-0.4, -0.2) is 24.3 Å². The van der Waals surface area contributed by atoms with E-state index < -0.39 is 37.5 Å². The summed E-state index contributed by atoms with van der Waals surface area (Å²) in [6, 6.07) is 8.68. The van der Waals surface area contributed by atoms with Gasteiger partial charge in [0.25, 0.3) is 5.91 Å². The van der Waals surface area contributed by atoms with Crippen LogP contribution in [0.3, 0.4) is 0 Å². The normalized spacial score (nSPS) is 11.9. The number of anilines is 1. The van der Waals surface area contributed by atoms with E-state index in [1.807, 2.05) is 0 Å². The summed E-state index contributed by atoms with van der Waals surface area (Å²) in [4.78, 5) is 19.1. The first-order valence-corrected chi connectivity index (χ1v) is 9.74. The van der Waals surface area contributed by atoms with Crippen LogP contribution in [0.15, 0.2) is 71.0 Å². The standard InChI is InChI=1S/C18H11ClF3N3O3S/c19-15-8-12(18(20,21)22)10-24-17(15)29(27,28)14-5-3-13(4-6-14)25-16(26)11-2-1-7-23-9-11/h1-10H,(H,25,26). The molecule has 11 heteroatoms. The number of pyridine rings is 2. The Morgan fingerprint density at radius 2 is 1.76 bits per heavy atom. The van der Waals surface area contributed by atoms with Crippen molar-refractivity contribution in [1.82, 2.24) is 9.97 Å². The van der Waals surface area contributed by atoms with Crippen molar-refractivity contribution in [3.63, 3.8) is 0 Å². The Kier molecular flexibility index (Phi) is 5.58. The molecule has 3 aromatic rings. The van der Waals surface area contributed by atoms with E-state index in [9.17, 15) is 26.4 Å². The maximum atomic E-state index is 12.7. The van der Waals surface area contributed by atoms with Crippen molar-refractivity contribution in [2.45, 2.75) is 16.1 Å². The summed E-state index contributed by atoms with van der Waals surface area (Å²) < 4.78 is 63.4. The molecule has 150 valence electrons. The zero-order chi connectivity index (χ0) is 21.2. The number of carbonyl (C=O) groups excluding carboxylic acids is 1. The van der Waals surface area contributed by atoms with Gasteiger partial charge in [-0.15, -0.1) is 0 Å². The third kappa shape index (κ3) is 4.54. The minimum absolute atomic E-state index is 0.244. The first-order chi connectivity index (χ1) is 13.6. The molecular formula is C18H11ClF3N3O3S. The molecule has 3 rings (SSSR count). The molecule has 0 aliphatic heterocycles. The lowest BCUT2D eigenvalue weighted by atomic mass is 10.2. The van der Waals surface area contributed by atoms with Crippen LogP contribution in [0.25, 0.3) is 0 Å². The SMILES string of the molecule is O=C(Nc1ccc(S(=O)(=O)c2ncc(C(F)(F)F)cc2Cl)cc1)c1cccnc1. The van der Waals surface area contributed by atoms with E-state index in [1.54, 1.807) is 12.1 Å². The number of nitrogens with zero attached hydrogens (tertiary/aromatic N) is 2. The van der Waals surface area contributed by atoms with Crippen molar-refractivity contribution in [3.05, 3.63) is 77.2 Å². The van der Waals surface area contributed by atoms with Gasteiger partial charge in [0.05, 0.1) is 21.0 Å². The van der Waals surface area contributed by atoms with Crippen LogP contribution in [0.4, 0.5) is 18.9 Å². The molecule has 29 heavy (non-hydrogen) atoms. The largest absolute Gasteiger partial charge is 0.417 e. The van der Waals surface area contributed by atoms with Crippen molar-refractivity contribution in [2.75, 3.05) is 5.32 Å². The predicted octanol–water partition coefficient (Wildman–Crippen LogP) is 4.23. The van der Waals surface area contributed by atoms with Gasteiger partial charge in [0.15, 0.2) is 5.03 Å². The first-order valence-electron chi connectivity index (χ1n) is 7.88. The Bertz CT molecular complexity index is 1150. The van der Waals surface area contributed by atoms with E-state index >= 15 is 0 Å². The lowest BCUT2D eigenvalue weighted by Crippen LogP contribution is -2.12. The van der Waals surface area contributed by atoms with Gasteiger partial charge in [0.1, 0.15) is 0 Å². The molecule has 0 spiro atoms. The third-order valence-corrected chi connectivity index (χ3v) is 5.86. The molecule has 6 nitrogen and oxygen atoms in total. The van der Waals surface area contributed by atoms with Crippen LogP contribution in [-0.2, 0) is 16.0 Å². The van der Waals surface area contributed by atoms with E-state index in [2.05, 4.69) is 15.3 Å². The van der Waals surface area contributed by atoms with Gasteiger partial charge in [-0.3, -0.25) is 9.78 Å². The minimum Gasteiger partial charge on any atom is -0.322 e. The maximum absolute atomic E-state index is 12.7. The van der Waals surface area contributed by atoms with Gasteiger partial charge in [-0.05, 0) is 42.5 Å². The molecule has 2 aromatic heterocycles. The van der Waals surface area contributed by atoms with E-state index in [4.69, 9.17) is 11.6 Å². The van der Waals surface area contributed by atoms with E-state index in [1.165, 1.54) is 36.7 Å². The molecule has 0 bridgehead atoms. The number of hydrogen-bond donors (Lipinski definition) is 1. The molecule has 0 aliphatic rings. The second kappa shape index (κ2) is 7.80. The zero-order valence-electron chi connectivity index (χ0n) is 14.3. The Labute approximate surface area is 168 Å². The van der Waals surface area contributed by atoms with E-state index in [0.717, 1.165) is 0 Å². The molecule has 1 amide bonds. The molecule has 0 atom stereocenters. The number of hydrogen-bond acceptors (Lipinski definition) is 5. The number of benzene rings is 1. The second-order valence-electron chi connectivity index (χ2n) is 5.73. The molecule has 2 heterocycles. The molecule has 1 N–H and O–H groups in total. The monoisotopic (exact) mass is 441 g/mol. The van der Waals surface area contributed by atoms with Crippen molar-refractivity contribution in [2.24, 2.45) is 0 Å². The highest BCUT2D eigenvalue weighted by Crippen LogP contribution is 2.33. The molecule has 0 radical (unpaired) electrons. The quantitative estimate of drug-likeness (QED) is 0.654. The summed E-state index contributed by atoms with van der Waals surface area (Å²) in [6.07, 6.45) is -1.42. The Morgan fingerprint density at radius 3 is 2.31 bits per heavy atom. The van der Waals surface area contributed by atoms with Gasteiger partial charge >= 0.3 is 6.18 Å². The number of halogens is 4. The summed E-state index contributed by atoms with van der Waals surface area (Å²) in [5.41, 5.74) is -0.538. The van der Waals surface area contributed by atoms with Gasteiger partial charge in [-0.2, -0.15) is 13.2 Å². The summed E-state index contributed by atoms with van der Waals surface area (Å²) in [6.45, 7) is 0. The smallest absolute Gasteiger partial charge is 0.322 e. The predicted molar refractivity (Wildman–Crippen MR) is 98.3 cm³/mol.